The van der Waals surface area contributed by atoms with Crippen LogP contribution in [0.25, 0.3) is 0 Å². The second-order valence-electron chi connectivity index (χ2n) is 3.58. The van der Waals surface area contributed by atoms with Gasteiger partial charge < -0.3 is 5.32 Å². The Balaban J connectivity index is 2.24. The van der Waals surface area contributed by atoms with Gasteiger partial charge in [0, 0.05) is 12.0 Å². The molecule has 1 amide bonds. The van der Waals surface area contributed by atoms with Gasteiger partial charge in [0.25, 0.3) is 0 Å². The third kappa shape index (κ3) is 1.76. The standard InChI is InChI=1S/C9H14N2O/c1-9(4-2-5-9)8(12)11-7-3-6-10/h2-5,7H2,1H3,(H,11,12). The number of carbonyl (C=O) groups excluding carboxylic acids is 1. The molecule has 1 fully saturated rings. The van der Waals surface area contributed by atoms with Crippen molar-refractivity contribution in [2.75, 3.05) is 6.54 Å². The molecule has 66 valence electrons. The number of rotatable bonds is 3. The monoisotopic (exact) mass is 166 g/mol. The highest BCUT2D eigenvalue weighted by atomic mass is 16.2. The van der Waals surface area contributed by atoms with Crippen LogP contribution in [0.15, 0.2) is 0 Å². The molecule has 0 aromatic heterocycles. The molecule has 1 N–H and O–H groups in total. The van der Waals surface area contributed by atoms with Gasteiger partial charge in [0.2, 0.25) is 5.91 Å². The molecule has 1 aliphatic rings. The van der Waals surface area contributed by atoms with Crippen molar-refractivity contribution >= 4 is 5.91 Å². The quantitative estimate of drug-likeness (QED) is 0.640. The Kier molecular flexibility index (Phi) is 2.69. The van der Waals surface area contributed by atoms with E-state index in [1.165, 1.54) is 0 Å². The van der Waals surface area contributed by atoms with Crippen molar-refractivity contribution in [1.82, 2.24) is 5.32 Å². The van der Waals surface area contributed by atoms with Crippen LogP contribution < -0.4 is 5.32 Å². The maximum absolute atomic E-state index is 11.4. The topological polar surface area (TPSA) is 52.9 Å². The van der Waals surface area contributed by atoms with Crippen molar-refractivity contribution in [1.29, 1.82) is 5.26 Å². The molecule has 1 rings (SSSR count). The van der Waals surface area contributed by atoms with Crippen LogP contribution in [0.2, 0.25) is 0 Å². The Morgan fingerprint density at radius 3 is 2.75 bits per heavy atom. The van der Waals surface area contributed by atoms with Crippen molar-refractivity contribution in [3.05, 3.63) is 0 Å². The van der Waals surface area contributed by atoms with Gasteiger partial charge in [-0.3, -0.25) is 4.79 Å². The van der Waals surface area contributed by atoms with Crippen molar-refractivity contribution in [2.24, 2.45) is 5.41 Å². The summed E-state index contributed by atoms with van der Waals surface area (Å²) in [5.41, 5.74) is -0.130. The van der Waals surface area contributed by atoms with Crippen LogP contribution in [-0.2, 0) is 4.79 Å². The number of carbonyl (C=O) groups is 1. The average Bonchev–Trinajstić information content (AvgIpc) is 2.00. The van der Waals surface area contributed by atoms with Gasteiger partial charge in [0.15, 0.2) is 0 Å². The Morgan fingerprint density at radius 1 is 1.67 bits per heavy atom. The number of nitriles is 1. The highest BCUT2D eigenvalue weighted by molar-refractivity contribution is 5.82. The number of nitrogens with one attached hydrogen (secondary N) is 1. The van der Waals surface area contributed by atoms with E-state index in [2.05, 4.69) is 5.32 Å². The highest BCUT2D eigenvalue weighted by Gasteiger charge is 2.38. The molecule has 1 aliphatic carbocycles. The van der Waals surface area contributed by atoms with Crippen LogP contribution in [-0.4, -0.2) is 12.5 Å². The minimum atomic E-state index is -0.130. The molecule has 0 unspecified atom stereocenters. The summed E-state index contributed by atoms with van der Waals surface area (Å²) in [4.78, 5) is 11.4. The van der Waals surface area contributed by atoms with E-state index in [0.29, 0.717) is 13.0 Å². The van der Waals surface area contributed by atoms with Crippen molar-refractivity contribution < 1.29 is 4.79 Å². The number of hydrogen-bond acceptors (Lipinski definition) is 2. The summed E-state index contributed by atoms with van der Waals surface area (Å²) in [5.74, 6) is 0.115. The zero-order valence-electron chi connectivity index (χ0n) is 7.39. The van der Waals surface area contributed by atoms with E-state index >= 15 is 0 Å². The minimum Gasteiger partial charge on any atom is -0.355 e. The maximum atomic E-state index is 11.4. The molecule has 1 saturated carbocycles. The molecule has 3 nitrogen and oxygen atoms in total. The van der Waals surface area contributed by atoms with Gasteiger partial charge in [-0.2, -0.15) is 5.26 Å². The van der Waals surface area contributed by atoms with Crippen LogP contribution >= 0.6 is 0 Å². The van der Waals surface area contributed by atoms with E-state index in [0.717, 1.165) is 19.3 Å². The number of hydrogen-bond donors (Lipinski definition) is 1. The average molecular weight is 166 g/mol. The van der Waals surface area contributed by atoms with E-state index in [4.69, 9.17) is 5.26 Å². The van der Waals surface area contributed by atoms with E-state index in [1.54, 1.807) is 0 Å². The summed E-state index contributed by atoms with van der Waals surface area (Å²) < 4.78 is 0. The molecule has 12 heavy (non-hydrogen) atoms. The summed E-state index contributed by atoms with van der Waals surface area (Å²) in [7, 11) is 0. The summed E-state index contributed by atoms with van der Waals surface area (Å²) in [5, 5.41) is 11.0. The third-order valence-corrected chi connectivity index (χ3v) is 2.53. The fourth-order valence-corrected chi connectivity index (χ4v) is 1.38. The second-order valence-corrected chi connectivity index (χ2v) is 3.58. The lowest BCUT2D eigenvalue weighted by Crippen LogP contribution is -2.43. The van der Waals surface area contributed by atoms with Crippen LogP contribution in [0.3, 0.4) is 0 Å². The molecule has 0 aromatic rings. The molecule has 0 saturated heterocycles. The SMILES string of the molecule is CC1(C(=O)NCCC#N)CCC1. The van der Waals surface area contributed by atoms with Crippen molar-refractivity contribution in [3.63, 3.8) is 0 Å². The molecule has 0 heterocycles. The lowest BCUT2D eigenvalue weighted by molar-refractivity contribution is -0.134. The Morgan fingerprint density at radius 2 is 2.33 bits per heavy atom. The predicted molar refractivity (Wildman–Crippen MR) is 45.2 cm³/mol. The second kappa shape index (κ2) is 3.57. The summed E-state index contributed by atoms with van der Waals surface area (Å²) in [6, 6.07) is 2.00. The van der Waals surface area contributed by atoms with Crippen molar-refractivity contribution in [2.45, 2.75) is 32.6 Å². The lowest BCUT2D eigenvalue weighted by atomic mass is 9.70. The van der Waals surface area contributed by atoms with Crippen LogP contribution in [0, 0.1) is 16.7 Å². The van der Waals surface area contributed by atoms with E-state index in [-0.39, 0.29) is 11.3 Å². The molecular weight excluding hydrogens is 152 g/mol. The first-order chi connectivity index (χ1) is 5.69. The largest absolute Gasteiger partial charge is 0.355 e. The van der Waals surface area contributed by atoms with Crippen LogP contribution in [0.4, 0.5) is 0 Å². The highest BCUT2D eigenvalue weighted by Crippen LogP contribution is 2.40. The van der Waals surface area contributed by atoms with Gasteiger partial charge in [0.1, 0.15) is 0 Å². The fraction of sp³-hybridized carbons (Fsp3) is 0.778. The van der Waals surface area contributed by atoms with Gasteiger partial charge in [-0.1, -0.05) is 13.3 Å². The summed E-state index contributed by atoms with van der Waals surface area (Å²) in [6.45, 7) is 2.48. The zero-order valence-corrected chi connectivity index (χ0v) is 7.39. The lowest BCUT2D eigenvalue weighted by Gasteiger charge is -2.36. The first-order valence-electron chi connectivity index (χ1n) is 4.34. The molecule has 0 bridgehead atoms. The minimum absolute atomic E-state index is 0.115. The Bertz CT molecular complexity index is 213. The first-order valence-corrected chi connectivity index (χ1v) is 4.34. The molecule has 0 aromatic carbocycles. The van der Waals surface area contributed by atoms with Gasteiger partial charge in [0.05, 0.1) is 12.5 Å². The van der Waals surface area contributed by atoms with E-state index < -0.39 is 0 Å². The molecule has 0 radical (unpaired) electrons. The van der Waals surface area contributed by atoms with Crippen LogP contribution in [0.1, 0.15) is 32.6 Å². The van der Waals surface area contributed by atoms with Crippen molar-refractivity contribution in [3.8, 4) is 6.07 Å². The Labute approximate surface area is 72.8 Å². The fourth-order valence-electron chi connectivity index (χ4n) is 1.38. The first kappa shape index (κ1) is 9.05. The zero-order chi connectivity index (χ0) is 9.03. The van der Waals surface area contributed by atoms with Crippen LogP contribution in [0.5, 0.6) is 0 Å². The predicted octanol–water partition coefficient (Wildman–Crippen LogP) is 1.21. The normalized spacial score (nSPS) is 19.0. The van der Waals surface area contributed by atoms with Gasteiger partial charge >= 0.3 is 0 Å². The van der Waals surface area contributed by atoms with Gasteiger partial charge in [-0.15, -0.1) is 0 Å². The van der Waals surface area contributed by atoms with Gasteiger partial charge in [-0.05, 0) is 12.8 Å². The van der Waals surface area contributed by atoms with E-state index in [1.807, 2.05) is 13.0 Å². The Hall–Kier alpha value is -1.04. The molecular formula is C9H14N2O. The summed E-state index contributed by atoms with van der Waals surface area (Å²) >= 11 is 0. The van der Waals surface area contributed by atoms with Gasteiger partial charge in [-0.25, -0.2) is 0 Å². The maximum Gasteiger partial charge on any atom is 0.225 e. The molecule has 0 atom stereocenters. The molecule has 0 aliphatic heterocycles. The molecule has 0 spiro atoms. The number of nitrogens with zero attached hydrogens (tertiary/aromatic N) is 1. The smallest absolute Gasteiger partial charge is 0.225 e. The summed E-state index contributed by atoms with van der Waals surface area (Å²) in [6.07, 6.45) is 3.54. The third-order valence-electron chi connectivity index (χ3n) is 2.53. The van der Waals surface area contributed by atoms with E-state index in [9.17, 15) is 4.79 Å². The number of amides is 1. The molecule has 3 heteroatoms.